The lowest BCUT2D eigenvalue weighted by Crippen LogP contribution is -2.39. The molecule has 0 aliphatic carbocycles. The van der Waals surface area contributed by atoms with Crippen LogP contribution in [0.5, 0.6) is 5.75 Å². The molecule has 0 atom stereocenters. The fourth-order valence-electron chi connectivity index (χ4n) is 1.97. The van der Waals surface area contributed by atoms with Gasteiger partial charge in [0.25, 0.3) is 11.7 Å². The van der Waals surface area contributed by atoms with E-state index in [1.807, 2.05) is 5.43 Å². The number of nitrogens with zero attached hydrogens (tertiary/aromatic N) is 2. The molecule has 25 heavy (non-hydrogen) atoms. The Morgan fingerprint density at radius 2 is 2.16 bits per heavy atom. The van der Waals surface area contributed by atoms with Gasteiger partial charge >= 0.3 is 6.18 Å². The van der Waals surface area contributed by atoms with E-state index >= 15 is 0 Å². The molecule has 10 heteroatoms. The zero-order valence-corrected chi connectivity index (χ0v) is 12.8. The van der Waals surface area contributed by atoms with Gasteiger partial charge in [-0.15, -0.1) is 6.42 Å². The first-order chi connectivity index (χ1) is 11.6. The number of Topliss-reactive ketones (excluding diaryl/α,β-unsaturated/α-hetero) is 1. The number of halogens is 4. The van der Waals surface area contributed by atoms with E-state index in [-0.39, 0.29) is 30.3 Å². The normalized spacial score (nSPS) is 14.5. The number of terminal acetylenes is 1. The van der Waals surface area contributed by atoms with E-state index in [2.05, 4.69) is 11.0 Å². The van der Waals surface area contributed by atoms with Crippen LogP contribution < -0.4 is 15.1 Å². The SMILES string of the molecule is C#CCN1C(=O)COc2cc(F)c(N/N=C(/C)C(=O)C(F)(F)F)cc21. The van der Waals surface area contributed by atoms with Crippen LogP contribution in [0.25, 0.3) is 0 Å². The second-order valence-electron chi connectivity index (χ2n) is 4.91. The van der Waals surface area contributed by atoms with Gasteiger partial charge < -0.3 is 4.74 Å². The number of carbonyl (C=O) groups excluding carboxylic acids is 2. The van der Waals surface area contributed by atoms with Crippen molar-refractivity contribution in [2.75, 3.05) is 23.5 Å². The minimum atomic E-state index is -5.09. The number of alkyl halides is 3. The summed E-state index contributed by atoms with van der Waals surface area (Å²) in [5, 5.41) is 3.23. The summed E-state index contributed by atoms with van der Waals surface area (Å²) in [7, 11) is 0. The van der Waals surface area contributed by atoms with Gasteiger partial charge in [0.1, 0.15) is 11.5 Å². The van der Waals surface area contributed by atoms with Crippen LogP contribution in [0.1, 0.15) is 6.92 Å². The summed E-state index contributed by atoms with van der Waals surface area (Å²) in [6.07, 6.45) is 0.0891. The summed E-state index contributed by atoms with van der Waals surface area (Å²) in [4.78, 5) is 24.0. The van der Waals surface area contributed by atoms with Crippen LogP contribution in [0.2, 0.25) is 0 Å². The van der Waals surface area contributed by atoms with E-state index < -0.39 is 29.4 Å². The second-order valence-corrected chi connectivity index (χ2v) is 4.91. The lowest BCUT2D eigenvalue weighted by Gasteiger charge is -2.28. The Bertz CT molecular complexity index is 796. The number of hydrogen-bond donors (Lipinski definition) is 1. The van der Waals surface area contributed by atoms with E-state index in [9.17, 15) is 27.2 Å². The number of anilines is 2. The average Bonchev–Trinajstić information content (AvgIpc) is 2.54. The minimum Gasteiger partial charge on any atom is -0.481 e. The van der Waals surface area contributed by atoms with Crippen LogP contribution >= 0.6 is 0 Å². The highest BCUT2D eigenvalue weighted by atomic mass is 19.4. The molecule has 0 bridgehead atoms. The Hall–Kier alpha value is -3.09. The van der Waals surface area contributed by atoms with Crippen molar-refractivity contribution in [3.8, 4) is 18.1 Å². The first-order valence-electron chi connectivity index (χ1n) is 6.77. The van der Waals surface area contributed by atoms with Crippen LogP contribution in [0.3, 0.4) is 0 Å². The standard InChI is InChI=1S/C15H11F4N3O3/c1-3-4-22-11-6-10(9(16)5-12(11)25-7-13(22)23)21-20-8(2)14(24)15(17,18)19/h1,5-6,21H,4,7H2,2H3/b20-8-. The molecule has 0 saturated heterocycles. The monoisotopic (exact) mass is 357 g/mol. The first-order valence-corrected chi connectivity index (χ1v) is 6.77. The van der Waals surface area contributed by atoms with Crippen LogP contribution in [0.4, 0.5) is 28.9 Å². The second kappa shape index (κ2) is 6.80. The van der Waals surface area contributed by atoms with E-state index in [4.69, 9.17) is 11.2 Å². The molecule has 1 aliphatic heterocycles. The zero-order valence-electron chi connectivity index (χ0n) is 12.8. The van der Waals surface area contributed by atoms with E-state index in [1.165, 1.54) is 0 Å². The highest BCUT2D eigenvalue weighted by Gasteiger charge is 2.40. The molecule has 132 valence electrons. The van der Waals surface area contributed by atoms with Crippen molar-refractivity contribution in [1.82, 2.24) is 0 Å². The number of hydrogen-bond acceptors (Lipinski definition) is 5. The third-order valence-electron chi connectivity index (χ3n) is 3.17. The number of ketones is 1. The molecular weight excluding hydrogens is 346 g/mol. The van der Waals surface area contributed by atoms with E-state index in [0.717, 1.165) is 24.0 Å². The molecule has 1 aromatic carbocycles. The van der Waals surface area contributed by atoms with Crippen LogP contribution in [-0.2, 0) is 9.59 Å². The van der Waals surface area contributed by atoms with Gasteiger partial charge in [-0.1, -0.05) is 5.92 Å². The van der Waals surface area contributed by atoms with Crippen LogP contribution in [0.15, 0.2) is 17.2 Å². The van der Waals surface area contributed by atoms with Crippen molar-refractivity contribution in [3.63, 3.8) is 0 Å². The number of hydrazone groups is 1. The maximum Gasteiger partial charge on any atom is 0.456 e. The van der Waals surface area contributed by atoms with Crippen LogP contribution in [0, 0.1) is 18.2 Å². The van der Waals surface area contributed by atoms with Crippen LogP contribution in [-0.4, -0.2) is 36.7 Å². The highest BCUT2D eigenvalue weighted by molar-refractivity contribution is 6.41. The predicted molar refractivity (Wildman–Crippen MR) is 80.9 cm³/mol. The molecule has 2 rings (SSSR count). The Morgan fingerprint density at radius 3 is 2.76 bits per heavy atom. The molecule has 1 aromatic rings. The van der Waals surface area contributed by atoms with Gasteiger partial charge in [0, 0.05) is 6.07 Å². The molecule has 6 nitrogen and oxygen atoms in total. The number of amides is 1. The van der Waals surface area contributed by atoms with Crippen molar-refractivity contribution in [2.24, 2.45) is 5.10 Å². The topological polar surface area (TPSA) is 71.0 Å². The molecule has 1 amide bonds. The van der Waals surface area contributed by atoms with Gasteiger partial charge in [0.05, 0.1) is 17.9 Å². The Balaban J connectivity index is 2.33. The summed E-state index contributed by atoms with van der Waals surface area (Å²) in [5.41, 5.74) is 0.914. The van der Waals surface area contributed by atoms with Gasteiger partial charge in [0.2, 0.25) is 0 Å². The zero-order chi connectivity index (χ0) is 18.8. The number of carbonyl (C=O) groups is 2. The Labute approximate surface area is 139 Å². The molecule has 1 N–H and O–H groups in total. The van der Waals surface area contributed by atoms with Crippen molar-refractivity contribution in [1.29, 1.82) is 0 Å². The third kappa shape index (κ3) is 3.88. The van der Waals surface area contributed by atoms with Crippen molar-refractivity contribution in [3.05, 3.63) is 17.9 Å². The molecule has 1 aliphatic rings. The summed E-state index contributed by atoms with van der Waals surface area (Å²) in [6.45, 7) is 0.407. The van der Waals surface area contributed by atoms with Crippen molar-refractivity contribution in [2.45, 2.75) is 13.1 Å². The number of ether oxygens (including phenoxy) is 1. The highest BCUT2D eigenvalue weighted by Crippen LogP contribution is 2.36. The minimum absolute atomic E-state index is 0.0463. The Morgan fingerprint density at radius 1 is 1.48 bits per heavy atom. The molecule has 0 aromatic heterocycles. The average molecular weight is 357 g/mol. The lowest BCUT2D eigenvalue weighted by molar-refractivity contribution is -0.163. The van der Waals surface area contributed by atoms with Gasteiger partial charge in [-0.25, -0.2) is 4.39 Å². The third-order valence-corrected chi connectivity index (χ3v) is 3.17. The van der Waals surface area contributed by atoms with Crippen molar-refractivity contribution < 1.29 is 31.9 Å². The molecule has 0 fully saturated rings. The maximum atomic E-state index is 14.0. The van der Waals surface area contributed by atoms with E-state index in [1.54, 1.807) is 0 Å². The van der Waals surface area contributed by atoms with Gasteiger partial charge in [-0.2, -0.15) is 18.3 Å². The smallest absolute Gasteiger partial charge is 0.456 e. The summed E-state index contributed by atoms with van der Waals surface area (Å²) in [6, 6.07) is 2.04. The number of rotatable bonds is 4. The molecule has 0 saturated carbocycles. The fourth-order valence-corrected chi connectivity index (χ4v) is 1.97. The lowest BCUT2D eigenvalue weighted by atomic mass is 10.2. The summed E-state index contributed by atoms with van der Waals surface area (Å²) >= 11 is 0. The molecule has 0 spiro atoms. The number of fused-ring (bicyclic) bond motifs is 1. The summed E-state index contributed by atoms with van der Waals surface area (Å²) < 4.78 is 56.0. The fraction of sp³-hybridized carbons (Fsp3) is 0.267. The predicted octanol–water partition coefficient (Wildman–Crippen LogP) is 2.10. The number of benzene rings is 1. The van der Waals surface area contributed by atoms with Crippen molar-refractivity contribution >= 4 is 28.8 Å². The largest absolute Gasteiger partial charge is 0.481 e. The maximum absolute atomic E-state index is 14.0. The Kier molecular flexibility index (Phi) is 4.97. The molecule has 0 unspecified atom stereocenters. The van der Waals surface area contributed by atoms with Gasteiger partial charge in [-0.3, -0.25) is 19.9 Å². The number of nitrogens with one attached hydrogen (secondary N) is 1. The molecular formula is C15H11F4N3O3. The van der Waals surface area contributed by atoms with Gasteiger partial charge in [0.15, 0.2) is 12.4 Å². The quantitative estimate of drug-likeness (QED) is 0.388. The summed E-state index contributed by atoms with van der Waals surface area (Å²) in [5.74, 6) is -1.21. The molecule has 1 heterocycles. The molecule has 0 radical (unpaired) electrons. The van der Waals surface area contributed by atoms with E-state index in [0.29, 0.717) is 0 Å². The first kappa shape index (κ1) is 18.3. The van der Waals surface area contributed by atoms with Gasteiger partial charge in [-0.05, 0) is 13.0 Å².